The molecule has 2 amide bonds. The maximum absolute atomic E-state index is 12.9. The van der Waals surface area contributed by atoms with Gasteiger partial charge in [-0.25, -0.2) is 0 Å². The Morgan fingerprint density at radius 2 is 1.58 bits per heavy atom. The lowest BCUT2D eigenvalue weighted by atomic mass is 10.1. The number of amides is 2. The van der Waals surface area contributed by atoms with Crippen molar-refractivity contribution >= 4 is 63.8 Å². The van der Waals surface area contributed by atoms with Crippen LogP contribution >= 0.6 is 46.6 Å². The maximum atomic E-state index is 12.9. The van der Waals surface area contributed by atoms with Crippen molar-refractivity contribution in [3.63, 3.8) is 0 Å². The summed E-state index contributed by atoms with van der Waals surface area (Å²) in [6.45, 7) is 0.350. The molecular weight excluding hydrogens is 545 g/mol. The Morgan fingerprint density at radius 3 is 2.31 bits per heavy atom. The number of carbonyl (C=O) groups excluding carboxylic acids is 2. The van der Waals surface area contributed by atoms with Crippen molar-refractivity contribution in [2.75, 3.05) is 20.3 Å². The third-order valence-corrected chi connectivity index (χ3v) is 7.13. The van der Waals surface area contributed by atoms with Crippen LogP contribution in [0.1, 0.15) is 11.1 Å². The van der Waals surface area contributed by atoms with Crippen molar-refractivity contribution in [2.45, 2.75) is 6.61 Å². The summed E-state index contributed by atoms with van der Waals surface area (Å²) in [7, 11) is 1.53. The molecule has 0 unspecified atom stereocenters. The highest BCUT2D eigenvalue weighted by atomic mass is 35.5. The largest absolute Gasteiger partial charge is 0.493 e. The van der Waals surface area contributed by atoms with E-state index in [1.165, 1.54) is 7.11 Å². The molecule has 1 fully saturated rings. The zero-order chi connectivity index (χ0) is 25.7. The molecule has 0 aromatic heterocycles. The van der Waals surface area contributed by atoms with Crippen LogP contribution in [0.25, 0.3) is 6.08 Å². The Balaban J connectivity index is 1.45. The number of carbonyl (C=O) groups is 2. The first-order chi connectivity index (χ1) is 17.4. The minimum atomic E-state index is -0.395. The van der Waals surface area contributed by atoms with Crippen molar-refractivity contribution in [1.82, 2.24) is 4.90 Å². The number of rotatable bonds is 9. The summed E-state index contributed by atoms with van der Waals surface area (Å²) in [5.74, 6) is 1.04. The number of hydrogen-bond donors (Lipinski definition) is 0. The SMILES string of the molecule is COc1ccc(/C=C2\SC(=O)N(CCOc3ccccc3Cl)C2=O)cc1OCc1c(Cl)cccc1Cl. The number of hydrogen-bond acceptors (Lipinski definition) is 6. The quantitative estimate of drug-likeness (QED) is 0.253. The van der Waals surface area contributed by atoms with E-state index in [-0.39, 0.29) is 25.0 Å². The molecular formula is C26H20Cl3NO5S. The average Bonchev–Trinajstić information content (AvgIpc) is 3.12. The number of halogens is 3. The van der Waals surface area contributed by atoms with Gasteiger partial charge in [-0.15, -0.1) is 0 Å². The average molecular weight is 565 g/mol. The molecule has 10 heteroatoms. The Morgan fingerprint density at radius 1 is 0.861 bits per heavy atom. The van der Waals surface area contributed by atoms with E-state index in [0.717, 1.165) is 16.7 Å². The van der Waals surface area contributed by atoms with Gasteiger partial charge < -0.3 is 14.2 Å². The normalized spacial score (nSPS) is 14.4. The van der Waals surface area contributed by atoms with Crippen LogP contribution in [0.2, 0.25) is 15.1 Å². The van der Waals surface area contributed by atoms with Crippen molar-refractivity contribution in [2.24, 2.45) is 0 Å². The molecule has 186 valence electrons. The third kappa shape index (κ3) is 6.10. The first kappa shape index (κ1) is 26.2. The van der Waals surface area contributed by atoms with Gasteiger partial charge in [0.15, 0.2) is 11.5 Å². The second kappa shape index (κ2) is 11.9. The first-order valence-corrected chi connectivity index (χ1v) is 12.7. The fourth-order valence-corrected chi connectivity index (χ4v) is 4.93. The number of nitrogens with zero attached hydrogens (tertiary/aromatic N) is 1. The molecule has 0 radical (unpaired) electrons. The number of para-hydroxylation sites is 1. The number of imide groups is 1. The number of thioether (sulfide) groups is 1. The summed E-state index contributed by atoms with van der Waals surface area (Å²) in [4.78, 5) is 26.8. The number of ether oxygens (including phenoxy) is 3. The highest BCUT2D eigenvalue weighted by molar-refractivity contribution is 8.18. The fraction of sp³-hybridized carbons (Fsp3) is 0.154. The van der Waals surface area contributed by atoms with Gasteiger partial charge in [-0.2, -0.15) is 0 Å². The van der Waals surface area contributed by atoms with Crippen molar-refractivity contribution < 1.29 is 23.8 Å². The van der Waals surface area contributed by atoms with E-state index in [0.29, 0.717) is 48.3 Å². The molecule has 3 aromatic rings. The zero-order valence-corrected chi connectivity index (χ0v) is 22.1. The van der Waals surface area contributed by atoms with Gasteiger partial charge in [-0.3, -0.25) is 14.5 Å². The van der Waals surface area contributed by atoms with Gasteiger partial charge in [0.2, 0.25) is 0 Å². The van der Waals surface area contributed by atoms with Crippen LogP contribution in [0.5, 0.6) is 17.2 Å². The van der Waals surface area contributed by atoms with Gasteiger partial charge in [0.1, 0.15) is 19.0 Å². The van der Waals surface area contributed by atoms with Gasteiger partial charge >= 0.3 is 0 Å². The van der Waals surface area contributed by atoms with E-state index in [9.17, 15) is 9.59 Å². The summed E-state index contributed by atoms with van der Waals surface area (Å²) in [5, 5.41) is 1.07. The molecule has 6 nitrogen and oxygen atoms in total. The predicted molar refractivity (Wildman–Crippen MR) is 143 cm³/mol. The molecule has 1 aliphatic heterocycles. The Bertz CT molecular complexity index is 1310. The molecule has 4 rings (SSSR count). The lowest BCUT2D eigenvalue weighted by Crippen LogP contribution is -2.32. The molecule has 0 bridgehead atoms. The molecule has 1 saturated heterocycles. The highest BCUT2D eigenvalue weighted by Gasteiger charge is 2.34. The number of benzene rings is 3. The second-order valence-corrected chi connectivity index (χ2v) is 9.73. The van der Waals surface area contributed by atoms with E-state index in [2.05, 4.69) is 0 Å². The van der Waals surface area contributed by atoms with Crippen molar-refractivity contribution in [3.05, 3.63) is 91.8 Å². The summed E-state index contributed by atoms with van der Waals surface area (Å²) in [5.41, 5.74) is 1.31. The Hall–Kier alpha value is -2.84. The highest BCUT2D eigenvalue weighted by Crippen LogP contribution is 2.35. The van der Waals surface area contributed by atoms with Crippen LogP contribution in [0.4, 0.5) is 4.79 Å². The second-order valence-electron chi connectivity index (χ2n) is 7.51. The molecule has 1 heterocycles. The fourth-order valence-electron chi connectivity index (χ4n) is 3.37. The van der Waals surface area contributed by atoms with Crippen molar-refractivity contribution in [3.8, 4) is 17.2 Å². The van der Waals surface area contributed by atoms with E-state index in [1.54, 1.807) is 66.7 Å². The lowest BCUT2D eigenvalue weighted by molar-refractivity contribution is -0.123. The van der Waals surface area contributed by atoms with E-state index in [4.69, 9.17) is 49.0 Å². The Labute approximate surface area is 227 Å². The van der Waals surface area contributed by atoms with Crippen LogP contribution in [0.3, 0.4) is 0 Å². The summed E-state index contributed by atoms with van der Waals surface area (Å²) < 4.78 is 16.9. The number of methoxy groups -OCH3 is 1. The molecule has 0 saturated carbocycles. The molecule has 36 heavy (non-hydrogen) atoms. The smallest absolute Gasteiger partial charge is 0.293 e. The maximum Gasteiger partial charge on any atom is 0.293 e. The minimum Gasteiger partial charge on any atom is -0.493 e. The summed E-state index contributed by atoms with van der Waals surface area (Å²) >= 11 is 19.4. The minimum absolute atomic E-state index is 0.1000. The van der Waals surface area contributed by atoms with E-state index in [1.807, 2.05) is 0 Å². The molecule has 0 spiro atoms. The molecule has 0 atom stereocenters. The van der Waals surface area contributed by atoms with Crippen molar-refractivity contribution in [1.29, 1.82) is 0 Å². The van der Waals surface area contributed by atoms with Crippen LogP contribution in [-0.2, 0) is 11.4 Å². The molecule has 3 aromatic carbocycles. The monoisotopic (exact) mass is 563 g/mol. The van der Waals surface area contributed by atoms with Gasteiger partial charge in [-0.1, -0.05) is 59.1 Å². The van der Waals surface area contributed by atoms with E-state index >= 15 is 0 Å². The van der Waals surface area contributed by atoms with Crippen LogP contribution in [-0.4, -0.2) is 36.3 Å². The van der Waals surface area contributed by atoms with Gasteiger partial charge in [0.25, 0.3) is 11.1 Å². The van der Waals surface area contributed by atoms with Crippen LogP contribution in [0.15, 0.2) is 65.6 Å². The molecule has 0 aliphatic carbocycles. The first-order valence-electron chi connectivity index (χ1n) is 10.7. The summed E-state index contributed by atoms with van der Waals surface area (Å²) in [6.07, 6.45) is 1.63. The summed E-state index contributed by atoms with van der Waals surface area (Å²) in [6, 6.07) is 17.4. The van der Waals surface area contributed by atoms with Crippen LogP contribution in [0, 0.1) is 0 Å². The van der Waals surface area contributed by atoms with Crippen LogP contribution < -0.4 is 14.2 Å². The molecule has 1 aliphatic rings. The zero-order valence-electron chi connectivity index (χ0n) is 19.0. The lowest BCUT2D eigenvalue weighted by Gasteiger charge is -2.14. The van der Waals surface area contributed by atoms with Gasteiger partial charge in [0, 0.05) is 15.6 Å². The predicted octanol–water partition coefficient (Wildman–Crippen LogP) is 7.35. The third-order valence-electron chi connectivity index (χ3n) is 5.20. The van der Waals surface area contributed by atoms with Gasteiger partial charge in [0.05, 0.1) is 23.6 Å². The standard InChI is InChI=1S/C26H20Cl3NO5S/c1-33-22-10-9-16(13-23(22)35-15-17-18(27)6-4-7-19(17)28)14-24-25(31)30(26(32)36-24)11-12-34-21-8-3-2-5-20(21)29/h2-10,13-14H,11-12,15H2,1H3/b24-14-. The topological polar surface area (TPSA) is 65.1 Å². The van der Waals surface area contributed by atoms with E-state index < -0.39 is 5.91 Å². The van der Waals surface area contributed by atoms with Gasteiger partial charge in [-0.05, 0) is 59.8 Å². The molecule has 0 N–H and O–H groups in total. The Kier molecular flexibility index (Phi) is 8.69.